The number of rotatable bonds is 2. The van der Waals surface area contributed by atoms with Crippen LogP contribution in [0.3, 0.4) is 0 Å². The van der Waals surface area contributed by atoms with Crippen molar-refractivity contribution in [3.05, 3.63) is 71.8 Å². The Morgan fingerprint density at radius 2 is 1.00 bits per heavy atom. The summed E-state index contributed by atoms with van der Waals surface area (Å²) >= 11 is 0. The number of hydrogen-bond acceptors (Lipinski definition) is 1. The third-order valence-electron chi connectivity index (χ3n) is 2.07. The lowest BCUT2D eigenvalue weighted by Gasteiger charge is -1.92. The summed E-state index contributed by atoms with van der Waals surface area (Å²) < 4.78 is 9.56. The molecule has 0 aromatic heterocycles. The van der Waals surface area contributed by atoms with Crippen LogP contribution in [0.4, 0.5) is 0 Å². The lowest BCUT2D eigenvalue weighted by Crippen LogP contribution is -1.70. The van der Waals surface area contributed by atoms with Gasteiger partial charge in [0.25, 0.3) is 0 Å². The Balaban J connectivity index is 0.000000357. The zero-order valence-corrected chi connectivity index (χ0v) is 11.6. The van der Waals surface area contributed by atoms with Crippen LogP contribution in [0.15, 0.2) is 60.7 Å². The summed E-state index contributed by atoms with van der Waals surface area (Å²) in [7, 11) is -0.611. The maximum absolute atomic E-state index is 9.56. The number of benzene rings is 2. The van der Waals surface area contributed by atoms with Crippen LogP contribution in [0.25, 0.3) is 12.2 Å². The Morgan fingerprint density at radius 1 is 0.722 bits per heavy atom. The molecule has 0 N–H and O–H groups in total. The maximum Gasteiger partial charge on any atom is 0.0148 e. The summed E-state index contributed by atoms with van der Waals surface area (Å²) in [5.41, 5.74) is 2.47. The van der Waals surface area contributed by atoms with Gasteiger partial charge in [0.05, 0.1) is 0 Å². The molecule has 0 aliphatic carbocycles. The Morgan fingerprint density at radius 3 is 1.28 bits per heavy atom. The van der Waals surface area contributed by atoms with E-state index >= 15 is 0 Å². The Hall–Kier alpha value is -1.67. The second kappa shape index (κ2) is 8.43. The van der Waals surface area contributed by atoms with E-state index < -0.39 is 10.8 Å². The van der Waals surface area contributed by atoms with Crippen molar-refractivity contribution in [1.82, 2.24) is 0 Å². The fourth-order valence-corrected chi connectivity index (χ4v) is 1.32. The smallest absolute Gasteiger partial charge is 0.0148 e. The van der Waals surface area contributed by atoms with E-state index in [9.17, 15) is 4.21 Å². The van der Waals surface area contributed by atoms with Gasteiger partial charge in [-0.3, -0.25) is 4.21 Å². The molecule has 0 radical (unpaired) electrons. The topological polar surface area (TPSA) is 17.1 Å². The molecule has 1 nitrogen and oxygen atoms in total. The van der Waals surface area contributed by atoms with E-state index in [1.54, 1.807) is 12.5 Å². The van der Waals surface area contributed by atoms with E-state index in [-0.39, 0.29) is 0 Å². The van der Waals surface area contributed by atoms with Gasteiger partial charge in [-0.05, 0) is 11.1 Å². The molecule has 0 saturated carbocycles. The van der Waals surface area contributed by atoms with Crippen molar-refractivity contribution < 1.29 is 4.21 Å². The Bertz CT molecular complexity index is 444. The van der Waals surface area contributed by atoms with Crippen molar-refractivity contribution in [2.24, 2.45) is 0 Å². The predicted octanol–water partition coefficient (Wildman–Crippen LogP) is 3.85. The van der Waals surface area contributed by atoms with E-state index in [2.05, 4.69) is 36.4 Å². The zero-order valence-electron chi connectivity index (χ0n) is 10.7. The molecule has 0 aliphatic heterocycles. The summed E-state index contributed by atoms with van der Waals surface area (Å²) in [5, 5.41) is 0. The van der Waals surface area contributed by atoms with Gasteiger partial charge in [0, 0.05) is 23.3 Å². The molecular weight excluding hydrogens is 240 g/mol. The van der Waals surface area contributed by atoms with Gasteiger partial charge < -0.3 is 0 Å². The van der Waals surface area contributed by atoms with Crippen LogP contribution in [0.5, 0.6) is 0 Å². The second-order valence-electron chi connectivity index (χ2n) is 3.90. The van der Waals surface area contributed by atoms with Crippen molar-refractivity contribution >= 4 is 23.0 Å². The molecule has 0 unspecified atom stereocenters. The van der Waals surface area contributed by atoms with Crippen LogP contribution in [-0.2, 0) is 10.8 Å². The average Bonchev–Trinajstić information content (AvgIpc) is 2.38. The lowest BCUT2D eigenvalue weighted by molar-refractivity contribution is 0.690. The summed E-state index contributed by atoms with van der Waals surface area (Å²) in [5.74, 6) is 0. The highest BCUT2D eigenvalue weighted by Crippen LogP contribution is 2.06. The molecule has 18 heavy (non-hydrogen) atoms. The van der Waals surface area contributed by atoms with Crippen molar-refractivity contribution in [3.63, 3.8) is 0 Å². The SMILES string of the molecule is C(=Cc1ccccc1)c1ccccc1.CS(C)=O. The van der Waals surface area contributed by atoms with Gasteiger partial charge in [-0.15, -0.1) is 0 Å². The summed E-state index contributed by atoms with van der Waals surface area (Å²) in [6.45, 7) is 0. The van der Waals surface area contributed by atoms with Gasteiger partial charge in [-0.25, -0.2) is 0 Å². The van der Waals surface area contributed by atoms with Gasteiger partial charge in [0.2, 0.25) is 0 Å². The summed E-state index contributed by atoms with van der Waals surface area (Å²) in [6.07, 6.45) is 7.52. The Kier molecular flexibility index (Phi) is 6.74. The first-order valence-electron chi connectivity index (χ1n) is 5.72. The molecule has 2 aromatic rings. The molecule has 2 aromatic carbocycles. The largest absolute Gasteiger partial charge is 0.260 e. The predicted molar refractivity (Wildman–Crippen MR) is 81.8 cm³/mol. The average molecular weight is 258 g/mol. The molecule has 0 heterocycles. The molecule has 0 spiro atoms. The molecule has 2 rings (SSSR count). The van der Waals surface area contributed by atoms with Crippen molar-refractivity contribution in [1.29, 1.82) is 0 Å². The maximum atomic E-state index is 9.56. The van der Waals surface area contributed by atoms with E-state index in [0.717, 1.165) is 0 Å². The molecule has 0 bridgehead atoms. The molecule has 0 saturated heterocycles. The van der Waals surface area contributed by atoms with Gasteiger partial charge in [0.1, 0.15) is 0 Å². The van der Waals surface area contributed by atoms with Gasteiger partial charge in [-0.2, -0.15) is 0 Å². The quantitative estimate of drug-likeness (QED) is 0.748. The highest BCUT2D eigenvalue weighted by atomic mass is 32.2. The minimum Gasteiger partial charge on any atom is -0.260 e. The van der Waals surface area contributed by atoms with Crippen LogP contribution < -0.4 is 0 Å². The monoisotopic (exact) mass is 258 g/mol. The highest BCUT2D eigenvalue weighted by Gasteiger charge is 1.84. The first kappa shape index (κ1) is 14.4. The zero-order chi connectivity index (χ0) is 13.2. The Labute approximate surface area is 112 Å². The van der Waals surface area contributed by atoms with Gasteiger partial charge in [0.15, 0.2) is 0 Å². The summed E-state index contributed by atoms with van der Waals surface area (Å²) in [4.78, 5) is 0. The molecular formula is C16H18OS. The van der Waals surface area contributed by atoms with E-state index in [0.29, 0.717) is 0 Å². The van der Waals surface area contributed by atoms with E-state index in [1.807, 2.05) is 36.4 Å². The molecule has 0 atom stereocenters. The molecule has 0 fully saturated rings. The first-order chi connectivity index (χ1) is 8.68. The van der Waals surface area contributed by atoms with E-state index in [4.69, 9.17) is 0 Å². The third-order valence-corrected chi connectivity index (χ3v) is 2.07. The standard InChI is InChI=1S/C14H12.C2H6OS/c1-3-7-13(8-4-1)11-12-14-9-5-2-6-10-14;1-4(2)3/h1-12H;1-2H3. The summed E-state index contributed by atoms with van der Waals surface area (Å²) in [6, 6.07) is 20.6. The minimum absolute atomic E-state index is 0.611. The number of hydrogen-bond donors (Lipinski definition) is 0. The fraction of sp³-hybridized carbons (Fsp3) is 0.125. The van der Waals surface area contributed by atoms with Crippen molar-refractivity contribution in [3.8, 4) is 0 Å². The van der Waals surface area contributed by atoms with Crippen molar-refractivity contribution in [2.75, 3.05) is 12.5 Å². The van der Waals surface area contributed by atoms with Crippen LogP contribution in [0.2, 0.25) is 0 Å². The minimum atomic E-state index is -0.611. The fourth-order valence-electron chi connectivity index (χ4n) is 1.32. The molecule has 0 amide bonds. The van der Waals surface area contributed by atoms with E-state index in [1.165, 1.54) is 11.1 Å². The molecule has 2 heteroatoms. The first-order valence-corrected chi connectivity index (χ1v) is 7.68. The van der Waals surface area contributed by atoms with Crippen LogP contribution in [0, 0.1) is 0 Å². The highest BCUT2D eigenvalue weighted by molar-refractivity contribution is 7.83. The van der Waals surface area contributed by atoms with Crippen LogP contribution in [0.1, 0.15) is 11.1 Å². The van der Waals surface area contributed by atoms with Crippen LogP contribution >= 0.6 is 0 Å². The third kappa shape index (κ3) is 6.81. The second-order valence-corrected chi connectivity index (χ2v) is 5.38. The lowest BCUT2D eigenvalue weighted by atomic mass is 10.1. The van der Waals surface area contributed by atoms with Gasteiger partial charge >= 0.3 is 0 Å². The molecule has 0 aliphatic rings. The normalized spacial score (nSPS) is 10.2. The van der Waals surface area contributed by atoms with Crippen molar-refractivity contribution in [2.45, 2.75) is 0 Å². The van der Waals surface area contributed by atoms with Gasteiger partial charge in [-0.1, -0.05) is 72.8 Å². The van der Waals surface area contributed by atoms with Crippen LogP contribution in [-0.4, -0.2) is 16.7 Å². The molecule has 94 valence electrons.